The van der Waals surface area contributed by atoms with Crippen LogP contribution in [0.3, 0.4) is 0 Å². The summed E-state index contributed by atoms with van der Waals surface area (Å²) in [4.78, 5) is 23.4. The van der Waals surface area contributed by atoms with Crippen LogP contribution in [0.5, 0.6) is 0 Å². The van der Waals surface area contributed by atoms with Crippen molar-refractivity contribution in [3.05, 3.63) is 0 Å². The highest BCUT2D eigenvalue weighted by Crippen LogP contribution is 2.27. The van der Waals surface area contributed by atoms with Gasteiger partial charge in [0.05, 0.1) is 5.92 Å². The highest BCUT2D eigenvalue weighted by Gasteiger charge is 2.35. The molecule has 1 amide bonds. The van der Waals surface area contributed by atoms with Gasteiger partial charge < -0.3 is 15.3 Å². The van der Waals surface area contributed by atoms with Gasteiger partial charge in [-0.1, -0.05) is 0 Å². The van der Waals surface area contributed by atoms with Crippen LogP contribution in [-0.2, 0) is 9.59 Å². The number of hydrogen-bond donors (Lipinski definition) is 2. The van der Waals surface area contributed by atoms with Gasteiger partial charge in [-0.2, -0.15) is 0 Å². The van der Waals surface area contributed by atoms with Crippen molar-refractivity contribution in [2.45, 2.75) is 25.3 Å². The Labute approximate surface area is 89.4 Å². The second-order valence-corrected chi connectivity index (χ2v) is 4.12. The maximum absolute atomic E-state index is 11.2. The fourth-order valence-electron chi connectivity index (χ4n) is 1.63. The van der Waals surface area contributed by atoms with Crippen LogP contribution in [0.4, 0.5) is 0 Å². The minimum atomic E-state index is -0.738. The SMILES string of the molecule is CN(C)C(=O)CCNC1CCC1C(=O)O. The van der Waals surface area contributed by atoms with E-state index in [0.29, 0.717) is 13.0 Å². The van der Waals surface area contributed by atoms with Gasteiger partial charge in [-0.05, 0) is 12.8 Å². The fraction of sp³-hybridized carbons (Fsp3) is 0.800. The van der Waals surface area contributed by atoms with Crippen LogP contribution in [-0.4, -0.2) is 48.6 Å². The van der Waals surface area contributed by atoms with E-state index in [1.54, 1.807) is 14.1 Å². The number of aliphatic carboxylic acids is 1. The van der Waals surface area contributed by atoms with Gasteiger partial charge >= 0.3 is 5.97 Å². The molecule has 2 N–H and O–H groups in total. The molecule has 5 heteroatoms. The number of amides is 1. The predicted molar refractivity (Wildman–Crippen MR) is 55.5 cm³/mol. The quantitative estimate of drug-likeness (QED) is 0.671. The Morgan fingerprint density at radius 1 is 1.40 bits per heavy atom. The smallest absolute Gasteiger partial charge is 0.308 e. The molecule has 1 rings (SSSR count). The van der Waals surface area contributed by atoms with E-state index >= 15 is 0 Å². The van der Waals surface area contributed by atoms with Crippen LogP contribution in [0, 0.1) is 5.92 Å². The molecule has 0 aromatic carbocycles. The second-order valence-electron chi connectivity index (χ2n) is 4.12. The molecular formula is C10H18N2O3. The maximum Gasteiger partial charge on any atom is 0.308 e. The second kappa shape index (κ2) is 5.11. The number of rotatable bonds is 5. The summed E-state index contributed by atoms with van der Waals surface area (Å²) in [5, 5.41) is 11.9. The van der Waals surface area contributed by atoms with E-state index in [4.69, 9.17) is 5.11 Å². The Hall–Kier alpha value is -1.10. The summed E-state index contributed by atoms with van der Waals surface area (Å²) in [7, 11) is 3.43. The van der Waals surface area contributed by atoms with Crippen LogP contribution in [0.25, 0.3) is 0 Å². The summed E-state index contributed by atoms with van der Waals surface area (Å²) in [5.41, 5.74) is 0. The molecule has 5 nitrogen and oxygen atoms in total. The molecule has 15 heavy (non-hydrogen) atoms. The van der Waals surface area contributed by atoms with E-state index in [-0.39, 0.29) is 17.9 Å². The van der Waals surface area contributed by atoms with Gasteiger partial charge in [-0.15, -0.1) is 0 Å². The Bertz CT molecular complexity index is 253. The first kappa shape index (κ1) is 12.0. The van der Waals surface area contributed by atoms with Crippen LogP contribution < -0.4 is 5.32 Å². The number of carbonyl (C=O) groups excluding carboxylic acids is 1. The van der Waals surface area contributed by atoms with Crippen molar-refractivity contribution in [2.75, 3.05) is 20.6 Å². The summed E-state index contributed by atoms with van der Waals surface area (Å²) < 4.78 is 0. The number of carboxylic acid groups (broad SMARTS) is 1. The number of carbonyl (C=O) groups is 2. The summed E-state index contributed by atoms with van der Waals surface area (Å²) >= 11 is 0. The molecule has 0 aliphatic heterocycles. The van der Waals surface area contributed by atoms with E-state index in [2.05, 4.69) is 5.32 Å². The zero-order chi connectivity index (χ0) is 11.4. The Morgan fingerprint density at radius 3 is 2.47 bits per heavy atom. The van der Waals surface area contributed by atoms with Gasteiger partial charge in [0.25, 0.3) is 0 Å². The molecule has 0 spiro atoms. The van der Waals surface area contributed by atoms with Gasteiger partial charge in [0, 0.05) is 33.1 Å². The summed E-state index contributed by atoms with van der Waals surface area (Å²) in [5.74, 6) is -0.939. The lowest BCUT2D eigenvalue weighted by molar-refractivity contribution is -0.146. The first-order chi connectivity index (χ1) is 7.02. The van der Waals surface area contributed by atoms with Crippen LogP contribution in [0.2, 0.25) is 0 Å². The number of nitrogens with zero attached hydrogens (tertiary/aromatic N) is 1. The van der Waals surface area contributed by atoms with E-state index in [0.717, 1.165) is 12.8 Å². The molecule has 0 aromatic rings. The first-order valence-electron chi connectivity index (χ1n) is 5.18. The number of nitrogens with one attached hydrogen (secondary N) is 1. The van der Waals surface area contributed by atoms with Crippen molar-refractivity contribution in [2.24, 2.45) is 5.92 Å². The van der Waals surface area contributed by atoms with Gasteiger partial charge in [-0.25, -0.2) is 0 Å². The number of hydrogen-bond acceptors (Lipinski definition) is 3. The standard InChI is InChI=1S/C10H18N2O3/c1-12(2)9(13)5-6-11-8-4-3-7(8)10(14)15/h7-8,11H,3-6H2,1-2H3,(H,14,15). The minimum absolute atomic E-state index is 0.0532. The lowest BCUT2D eigenvalue weighted by Crippen LogP contribution is -2.48. The average molecular weight is 214 g/mol. The maximum atomic E-state index is 11.2. The molecular weight excluding hydrogens is 196 g/mol. The monoisotopic (exact) mass is 214 g/mol. The Balaban J connectivity index is 2.16. The molecule has 86 valence electrons. The highest BCUT2D eigenvalue weighted by molar-refractivity contribution is 5.75. The molecule has 0 saturated heterocycles. The topological polar surface area (TPSA) is 69.6 Å². The van der Waals surface area contributed by atoms with Crippen molar-refractivity contribution in [3.63, 3.8) is 0 Å². The van der Waals surface area contributed by atoms with Crippen LogP contribution >= 0.6 is 0 Å². The first-order valence-corrected chi connectivity index (χ1v) is 5.18. The summed E-state index contributed by atoms with van der Waals surface area (Å²) in [6.07, 6.45) is 2.07. The molecule has 0 bridgehead atoms. The minimum Gasteiger partial charge on any atom is -0.481 e. The Morgan fingerprint density at radius 2 is 2.07 bits per heavy atom. The van der Waals surface area contributed by atoms with Crippen LogP contribution in [0.15, 0.2) is 0 Å². The van der Waals surface area contributed by atoms with E-state index in [1.807, 2.05) is 0 Å². The zero-order valence-corrected chi connectivity index (χ0v) is 9.19. The molecule has 2 unspecified atom stereocenters. The van der Waals surface area contributed by atoms with E-state index in [9.17, 15) is 9.59 Å². The van der Waals surface area contributed by atoms with E-state index < -0.39 is 5.97 Å². The average Bonchev–Trinajstić information content (AvgIpc) is 2.08. The Kier molecular flexibility index (Phi) is 4.08. The van der Waals surface area contributed by atoms with Crippen molar-refractivity contribution in [1.82, 2.24) is 10.2 Å². The lowest BCUT2D eigenvalue weighted by Gasteiger charge is -2.34. The van der Waals surface area contributed by atoms with Gasteiger partial charge in [0.1, 0.15) is 0 Å². The lowest BCUT2D eigenvalue weighted by atomic mass is 9.79. The fourth-order valence-corrected chi connectivity index (χ4v) is 1.63. The molecule has 2 atom stereocenters. The third kappa shape index (κ3) is 3.20. The zero-order valence-electron chi connectivity index (χ0n) is 9.19. The molecule has 1 aliphatic rings. The van der Waals surface area contributed by atoms with Crippen molar-refractivity contribution in [3.8, 4) is 0 Å². The molecule has 0 radical (unpaired) electrons. The van der Waals surface area contributed by atoms with Gasteiger partial charge in [-0.3, -0.25) is 9.59 Å². The summed E-state index contributed by atoms with van der Waals surface area (Å²) in [6, 6.07) is 0.0532. The molecule has 1 aliphatic carbocycles. The van der Waals surface area contributed by atoms with Gasteiger partial charge in [0.2, 0.25) is 5.91 Å². The van der Waals surface area contributed by atoms with Crippen LogP contribution in [0.1, 0.15) is 19.3 Å². The van der Waals surface area contributed by atoms with Crippen molar-refractivity contribution >= 4 is 11.9 Å². The normalized spacial score (nSPS) is 24.4. The third-order valence-electron chi connectivity index (χ3n) is 2.84. The predicted octanol–water partition coefficient (Wildman–Crippen LogP) is -0.0825. The molecule has 1 saturated carbocycles. The van der Waals surface area contributed by atoms with Crippen molar-refractivity contribution < 1.29 is 14.7 Å². The van der Waals surface area contributed by atoms with Gasteiger partial charge in [0.15, 0.2) is 0 Å². The molecule has 0 heterocycles. The van der Waals surface area contributed by atoms with E-state index in [1.165, 1.54) is 4.90 Å². The largest absolute Gasteiger partial charge is 0.481 e. The number of carboxylic acids is 1. The highest BCUT2D eigenvalue weighted by atomic mass is 16.4. The molecule has 1 fully saturated rings. The summed E-state index contributed by atoms with van der Waals surface area (Å²) in [6.45, 7) is 0.561. The van der Waals surface area contributed by atoms with Crippen molar-refractivity contribution in [1.29, 1.82) is 0 Å². The third-order valence-corrected chi connectivity index (χ3v) is 2.84. The molecule has 0 aromatic heterocycles.